The molecule has 2 aromatic rings. The van der Waals surface area contributed by atoms with E-state index in [0.717, 1.165) is 18.5 Å². The van der Waals surface area contributed by atoms with E-state index in [9.17, 15) is 21.6 Å². The van der Waals surface area contributed by atoms with Crippen LogP contribution in [0, 0.1) is 17.5 Å². The molecule has 5 nitrogen and oxygen atoms in total. The summed E-state index contributed by atoms with van der Waals surface area (Å²) in [6.45, 7) is 0. The molecule has 0 spiro atoms. The van der Waals surface area contributed by atoms with Gasteiger partial charge in [0.05, 0.1) is 11.9 Å². The molecule has 0 saturated carbocycles. The quantitative estimate of drug-likeness (QED) is 0.837. The normalized spacial score (nSPS) is 11.5. The largest absolute Gasteiger partial charge is 0.284 e. The van der Waals surface area contributed by atoms with Gasteiger partial charge >= 0.3 is 0 Å². The molecule has 0 bridgehead atoms. The van der Waals surface area contributed by atoms with Crippen LogP contribution in [0.5, 0.6) is 0 Å². The van der Waals surface area contributed by atoms with Crippen LogP contribution >= 0.6 is 0 Å². The smallest absolute Gasteiger partial charge is 0.265 e. The monoisotopic (exact) mass is 277 g/mol. The first-order valence-electron chi connectivity index (χ1n) is 4.57. The van der Waals surface area contributed by atoms with Gasteiger partial charge in [-0.3, -0.25) is 9.82 Å². The van der Waals surface area contributed by atoms with E-state index in [4.69, 9.17) is 0 Å². The number of aromatic amines is 1. The summed E-state index contributed by atoms with van der Waals surface area (Å²) >= 11 is 0. The van der Waals surface area contributed by atoms with Gasteiger partial charge in [0.15, 0.2) is 17.5 Å². The lowest BCUT2D eigenvalue weighted by molar-refractivity contribution is 0.449. The van der Waals surface area contributed by atoms with Gasteiger partial charge in [0, 0.05) is 6.20 Å². The summed E-state index contributed by atoms with van der Waals surface area (Å²) in [5.74, 6) is -4.76. The fraction of sp³-hybridized carbons (Fsp3) is 0. The molecule has 0 fully saturated rings. The van der Waals surface area contributed by atoms with Crippen molar-refractivity contribution in [2.75, 3.05) is 4.72 Å². The van der Waals surface area contributed by atoms with E-state index in [1.807, 2.05) is 0 Å². The SMILES string of the molecule is O=S(=O)(Nc1ccc(F)c(F)c1F)c1cn[nH]c1. The lowest BCUT2D eigenvalue weighted by Gasteiger charge is -2.07. The third-order valence-electron chi connectivity index (χ3n) is 2.06. The fourth-order valence-corrected chi connectivity index (χ4v) is 2.16. The summed E-state index contributed by atoms with van der Waals surface area (Å²) in [6.07, 6.45) is 2.04. The van der Waals surface area contributed by atoms with Gasteiger partial charge in [0.2, 0.25) is 0 Å². The molecule has 0 amide bonds. The molecule has 2 N–H and O–H groups in total. The average molecular weight is 277 g/mol. The van der Waals surface area contributed by atoms with Crippen molar-refractivity contribution in [3.05, 3.63) is 42.0 Å². The molecular weight excluding hydrogens is 271 g/mol. The Hall–Kier alpha value is -2.03. The third kappa shape index (κ3) is 2.16. The van der Waals surface area contributed by atoms with Crippen molar-refractivity contribution in [1.29, 1.82) is 0 Å². The van der Waals surface area contributed by atoms with E-state index >= 15 is 0 Å². The minimum Gasteiger partial charge on any atom is -0.284 e. The van der Waals surface area contributed by atoms with Crippen LogP contribution in [0.4, 0.5) is 18.9 Å². The van der Waals surface area contributed by atoms with Crippen LogP contribution in [0.2, 0.25) is 0 Å². The number of nitrogens with one attached hydrogen (secondary N) is 2. The van der Waals surface area contributed by atoms with Crippen LogP contribution in [-0.2, 0) is 10.0 Å². The molecule has 0 atom stereocenters. The Balaban J connectivity index is 2.39. The number of rotatable bonds is 3. The van der Waals surface area contributed by atoms with Crippen molar-refractivity contribution < 1.29 is 21.6 Å². The highest BCUT2D eigenvalue weighted by Crippen LogP contribution is 2.22. The van der Waals surface area contributed by atoms with Gasteiger partial charge in [-0.2, -0.15) is 5.10 Å². The number of aromatic nitrogens is 2. The molecule has 0 aliphatic heterocycles. The predicted molar refractivity (Wildman–Crippen MR) is 55.7 cm³/mol. The lowest BCUT2D eigenvalue weighted by atomic mass is 10.3. The first-order chi connectivity index (χ1) is 8.42. The van der Waals surface area contributed by atoms with E-state index in [1.54, 1.807) is 4.72 Å². The van der Waals surface area contributed by atoms with Crippen molar-refractivity contribution in [1.82, 2.24) is 10.2 Å². The molecule has 18 heavy (non-hydrogen) atoms. The Morgan fingerprint density at radius 1 is 1.17 bits per heavy atom. The van der Waals surface area contributed by atoms with E-state index in [1.165, 1.54) is 0 Å². The number of H-pyrrole nitrogens is 1. The molecule has 0 aliphatic rings. The van der Waals surface area contributed by atoms with E-state index in [0.29, 0.717) is 6.07 Å². The summed E-state index contributed by atoms with van der Waals surface area (Å²) in [7, 11) is -4.09. The van der Waals surface area contributed by atoms with E-state index in [-0.39, 0.29) is 4.90 Å². The Labute approximate surface area is 99.7 Å². The summed E-state index contributed by atoms with van der Waals surface area (Å²) in [5, 5.41) is 5.67. The number of hydrogen-bond donors (Lipinski definition) is 2. The number of halogens is 3. The highest BCUT2D eigenvalue weighted by atomic mass is 32.2. The Morgan fingerprint density at radius 2 is 1.89 bits per heavy atom. The summed E-state index contributed by atoms with van der Waals surface area (Å²) in [6, 6.07) is 1.40. The number of benzene rings is 1. The van der Waals surface area contributed by atoms with Crippen molar-refractivity contribution >= 4 is 15.7 Å². The Morgan fingerprint density at radius 3 is 2.50 bits per heavy atom. The second-order valence-electron chi connectivity index (χ2n) is 3.26. The second-order valence-corrected chi connectivity index (χ2v) is 4.94. The topological polar surface area (TPSA) is 74.8 Å². The summed E-state index contributed by atoms with van der Waals surface area (Å²) in [4.78, 5) is -0.258. The summed E-state index contributed by atoms with van der Waals surface area (Å²) in [5.41, 5.74) is -0.685. The van der Waals surface area contributed by atoms with Crippen LogP contribution in [0.3, 0.4) is 0 Å². The molecule has 1 heterocycles. The molecule has 1 aromatic heterocycles. The van der Waals surface area contributed by atoms with Crippen LogP contribution in [0.1, 0.15) is 0 Å². The molecule has 0 radical (unpaired) electrons. The molecule has 2 rings (SSSR count). The van der Waals surface area contributed by atoms with Gasteiger partial charge < -0.3 is 0 Å². The fourth-order valence-electron chi connectivity index (χ4n) is 1.19. The average Bonchev–Trinajstić information content (AvgIpc) is 2.84. The molecular formula is C9H6F3N3O2S. The second kappa shape index (κ2) is 4.33. The maximum Gasteiger partial charge on any atom is 0.265 e. The van der Waals surface area contributed by atoms with Gasteiger partial charge in [-0.1, -0.05) is 0 Å². The van der Waals surface area contributed by atoms with E-state index in [2.05, 4.69) is 10.2 Å². The highest BCUT2D eigenvalue weighted by Gasteiger charge is 2.20. The highest BCUT2D eigenvalue weighted by molar-refractivity contribution is 7.92. The van der Waals surface area contributed by atoms with Crippen molar-refractivity contribution in [2.24, 2.45) is 0 Å². The third-order valence-corrected chi connectivity index (χ3v) is 3.40. The van der Waals surface area contributed by atoms with Crippen LogP contribution in [0.15, 0.2) is 29.4 Å². The minimum absolute atomic E-state index is 0.258. The Bertz CT molecular complexity index is 671. The van der Waals surface area contributed by atoms with Crippen molar-refractivity contribution in [3.63, 3.8) is 0 Å². The molecule has 0 aliphatic carbocycles. The van der Waals surface area contributed by atoms with Gasteiger partial charge in [-0.25, -0.2) is 21.6 Å². The van der Waals surface area contributed by atoms with Gasteiger partial charge in [-0.05, 0) is 12.1 Å². The minimum atomic E-state index is -4.09. The van der Waals surface area contributed by atoms with Gasteiger partial charge in [0.1, 0.15) is 4.90 Å². The lowest BCUT2D eigenvalue weighted by Crippen LogP contribution is -2.14. The maximum atomic E-state index is 13.3. The maximum absolute atomic E-state index is 13.3. The summed E-state index contributed by atoms with van der Waals surface area (Å²) < 4.78 is 63.9. The zero-order valence-corrected chi connectivity index (χ0v) is 9.43. The standard InChI is InChI=1S/C9H6F3N3O2S/c10-6-1-2-7(9(12)8(6)11)15-18(16,17)5-3-13-14-4-5/h1-4,15H,(H,13,14). The molecule has 9 heteroatoms. The van der Waals surface area contributed by atoms with Crippen molar-refractivity contribution in [3.8, 4) is 0 Å². The predicted octanol–water partition coefficient (Wildman–Crippen LogP) is 1.63. The number of sulfonamides is 1. The number of hydrogen-bond acceptors (Lipinski definition) is 3. The zero-order valence-electron chi connectivity index (χ0n) is 8.62. The number of anilines is 1. The molecule has 1 aromatic carbocycles. The number of nitrogens with zero attached hydrogens (tertiary/aromatic N) is 1. The van der Waals surface area contributed by atoms with Crippen LogP contribution in [0.25, 0.3) is 0 Å². The first kappa shape index (κ1) is 12.4. The molecule has 0 unspecified atom stereocenters. The Kier molecular flexibility index (Phi) is 2.99. The van der Waals surface area contributed by atoms with Crippen LogP contribution in [-0.4, -0.2) is 18.6 Å². The zero-order chi connectivity index (χ0) is 13.3. The van der Waals surface area contributed by atoms with E-state index < -0.39 is 33.2 Å². The molecule has 0 saturated heterocycles. The van der Waals surface area contributed by atoms with Gasteiger partial charge in [0.25, 0.3) is 10.0 Å². The van der Waals surface area contributed by atoms with Crippen LogP contribution < -0.4 is 4.72 Å². The first-order valence-corrected chi connectivity index (χ1v) is 6.05. The van der Waals surface area contributed by atoms with Crippen molar-refractivity contribution in [2.45, 2.75) is 4.90 Å². The molecule has 96 valence electrons. The van der Waals surface area contributed by atoms with Gasteiger partial charge in [-0.15, -0.1) is 0 Å².